The normalized spacial score (nSPS) is 16.9. The fourth-order valence-electron chi connectivity index (χ4n) is 2.86. The molecule has 0 bridgehead atoms. The zero-order chi connectivity index (χ0) is 19.4. The highest BCUT2D eigenvalue weighted by Crippen LogP contribution is 2.31. The van der Waals surface area contributed by atoms with Gasteiger partial charge in [0.15, 0.2) is 5.69 Å². The Morgan fingerprint density at radius 1 is 1.19 bits per heavy atom. The Morgan fingerprint density at radius 3 is 2.48 bits per heavy atom. The summed E-state index contributed by atoms with van der Waals surface area (Å²) in [6, 6.07) is 7.31. The zero-order valence-electron chi connectivity index (χ0n) is 14.8. The molecule has 0 saturated carbocycles. The van der Waals surface area contributed by atoms with Gasteiger partial charge in [0.2, 0.25) is 5.95 Å². The van der Waals surface area contributed by atoms with Gasteiger partial charge in [-0.2, -0.15) is 13.2 Å². The standard InChI is InChI=1S/C18H20ClF3N4O/c1-12(11-26-6-8-27-9-7-26)23-17-24-15(10-16(25-17)18(20,21)22)13-2-4-14(19)5-3-13/h2-5,10,12H,6-9,11H2,1H3,(H,23,24,25)/t12-/m1/s1. The molecule has 1 aromatic heterocycles. The number of alkyl halides is 3. The minimum Gasteiger partial charge on any atom is -0.379 e. The van der Waals surface area contributed by atoms with Crippen LogP contribution in [0.25, 0.3) is 11.3 Å². The second-order valence-electron chi connectivity index (χ2n) is 6.43. The molecule has 1 N–H and O–H groups in total. The Labute approximate surface area is 160 Å². The van der Waals surface area contributed by atoms with E-state index in [0.29, 0.717) is 30.3 Å². The van der Waals surface area contributed by atoms with Crippen molar-refractivity contribution in [2.45, 2.75) is 19.1 Å². The third kappa shape index (κ3) is 5.54. The van der Waals surface area contributed by atoms with Crippen molar-refractivity contribution in [2.24, 2.45) is 0 Å². The highest BCUT2D eigenvalue weighted by atomic mass is 35.5. The Bertz CT molecular complexity index is 764. The maximum absolute atomic E-state index is 13.3. The lowest BCUT2D eigenvalue weighted by Crippen LogP contribution is -2.42. The zero-order valence-corrected chi connectivity index (χ0v) is 15.5. The molecule has 27 heavy (non-hydrogen) atoms. The lowest BCUT2D eigenvalue weighted by molar-refractivity contribution is -0.141. The summed E-state index contributed by atoms with van der Waals surface area (Å²) in [6.07, 6.45) is -4.56. The number of nitrogens with one attached hydrogen (secondary N) is 1. The van der Waals surface area contributed by atoms with Gasteiger partial charge in [-0.05, 0) is 25.1 Å². The Balaban J connectivity index is 1.82. The van der Waals surface area contributed by atoms with Crippen molar-refractivity contribution in [3.63, 3.8) is 0 Å². The molecule has 1 aliphatic heterocycles. The molecule has 0 aliphatic carbocycles. The molecule has 0 spiro atoms. The van der Waals surface area contributed by atoms with Crippen LogP contribution in [0.2, 0.25) is 5.02 Å². The van der Waals surface area contributed by atoms with E-state index in [0.717, 1.165) is 19.2 Å². The van der Waals surface area contributed by atoms with Crippen LogP contribution in [0.3, 0.4) is 0 Å². The Hall–Kier alpha value is -1.90. The van der Waals surface area contributed by atoms with Gasteiger partial charge in [-0.25, -0.2) is 9.97 Å². The van der Waals surface area contributed by atoms with Crippen molar-refractivity contribution in [3.05, 3.63) is 41.0 Å². The molecule has 9 heteroatoms. The van der Waals surface area contributed by atoms with Gasteiger partial charge in [0, 0.05) is 36.3 Å². The van der Waals surface area contributed by atoms with Gasteiger partial charge in [-0.1, -0.05) is 23.7 Å². The van der Waals surface area contributed by atoms with Gasteiger partial charge < -0.3 is 10.1 Å². The van der Waals surface area contributed by atoms with Crippen LogP contribution < -0.4 is 5.32 Å². The van der Waals surface area contributed by atoms with Crippen molar-refractivity contribution in [1.82, 2.24) is 14.9 Å². The minimum absolute atomic E-state index is 0.0458. The largest absolute Gasteiger partial charge is 0.433 e. The monoisotopic (exact) mass is 400 g/mol. The fraction of sp³-hybridized carbons (Fsp3) is 0.444. The van der Waals surface area contributed by atoms with Crippen LogP contribution in [-0.2, 0) is 10.9 Å². The number of ether oxygens (including phenoxy) is 1. The molecule has 0 amide bonds. The van der Waals surface area contributed by atoms with Crippen LogP contribution in [0, 0.1) is 0 Å². The average Bonchev–Trinajstić information content (AvgIpc) is 2.62. The van der Waals surface area contributed by atoms with Gasteiger partial charge >= 0.3 is 6.18 Å². The lowest BCUT2D eigenvalue weighted by Gasteiger charge is -2.29. The molecule has 3 rings (SSSR count). The van der Waals surface area contributed by atoms with Gasteiger partial charge in [-0.15, -0.1) is 0 Å². The highest BCUT2D eigenvalue weighted by Gasteiger charge is 2.34. The number of halogens is 4. The van der Waals surface area contributed by atoms with Gasteiger partial charge in [0.1, 0.15) is 0 Å². The van der Waals surface area contributed by atoms with Crippen LogP contribution in [0.1, 0.15) is 12.6 Å². The first-order chi connectivity index (χ1) is 12.8. The van der Waals surface area contributed by atoms with E-state index in [1.54, 1.807) is 24.3 Å². The maximum atomic E-state index is 13.3. The van der Waals surface area contributed by atoms with E-state index in [2.05, 4.69) is 20.2 Å². The van der Waals surface area contributed by atoms with Crippen LogP contribution in [0.5, 0.6) is 0 Å². The van der Waals surface area contributed by atoms with E-state index >= 15 is 0 Å². The average molecular weight is 401 g/mol. The number of rotatable bonds is 5. The molecule has 2 aromatic rings. The summed E-state index contributed by atoms with van der Waals surface area (Å²) in [7, 11) is 0. The molecule has 1 aliphatic rings. The van der Waals surface area contributed by atoms with Gasteiger partial charge in [0.05, 0.1) is 18.9 Å². The number of aromatic nitrogens is 2. The predicted molar refractivity (Wildman–Crippen MR) is 97.8 cm³/mol. The molecule has 2 heterocycles. The highest BCUT2D eigenvalue weighted by molar-refractivity contribution is 6.30. The Morgan fingerprint density at radius 2 is 1.85 bits per heavy atom. The molecule has 1 atom stereocenters. The smallest absolute Gasteiger partial charge is 0.379 e. The number of morpholine rings is 1. The first-order valence-corrected chi connectivity index (χ1v) is 8.98. The first-order valence-electron chi connectivity index (χ1n) is 8.60. The van der Waals surface area contributed by atoms with Crippen LogP contribution in [0.4, 0.5) is 19.1 Å². The van der Waals surface area contributed by atoms with Crippen molar-refractivity contribution in [1.29, 1.82) is 0 Å². The van der Waals surface area contributed by atoms with Crippen molar-refractivity contribution in [2.75, 3.05) is 38.2 Å². The second kappa shape index (κ2) is 8.41. The molecule has 5 nitrogen and oxygen atoms in total. The summed E-state index contributed by atoms with van der Waals surface area (Å²) in [5.74, 6) is -0.0458. The summed E-state index contributed by atoms with van der Waals surface area (Å²) in [5.41, 5.74) is -0.255. The van der Waals surface area contributed by atoms with Gasteiger partial charge in [-0.3, -0.25) is 4.90 Å². The van der Waals surface area contributed by atoms with Crippen LogP contribution >= 0.6 is 11.6 Å². The molecule has 1 fully saturated rings. The van der Waals surface area contributed by atoms with Crippen molar-refractivity contribution >= 4 is 17.5 Å². The number of hydrogen-bond acceptors (Lipinski definition) is 5. The van der Waals surface area contributed by atoms with Crippen LogP contribution in [-0.4, -0.2) is 53.8 Å². The molecule has 146 valence electrons. The molecule has 1 aromatic carbocycles. The first kappa shape index (κ1) is 19.9. The topological polar surface area (TPSA) is 50.3 Å². The summed E-state index contributed by atoms with van der Waals surface area (Å²) < 4.78 is 45.1. The maximum Gasteiger partial charge on any atom is 0.433 e. The summed E-state index contributed by atoms with van der Waals surface area (Å²) >= 11 is 5.86. The van der Waals surface area contributed by atoms with E-state index < -0.39 is 11.9 Å². The number of anilines is 1. The number of nitrogens with zero attached hydrogens (tertiary/aromatic N) is 3. The quantitative estimate of drug-likeness (QED) is 0.823. The molecular formula is C18H20ClF3N4O. The van der Waals surface area contributed by atoms with Crippen LogP contribution in [0.15, 0.2) is 30.3 Å². The Kier molecular flexibility index (Phi) is 6.18. The SMILES string of the molecule is C[C@H](CN1CCOCC1)Nc1nc(-c2ccc(Cl)cc2)cc(C(F)(F)F)n1. The molecule has 1 saturated heterocycles. The third-order valence-electron chi connectivity index (χ3n) is 4.17. The third-order valence-corrected chi connectivity index (χ3v) is 4.42. The summed E-state index contributed by atoms with van der Waals surface area (Å²) in [6.45, 7) is 5.47. The lowest BCUT2D eigenvalue weighted by atomic mass is 10.1. The fourth-order valence-corrected chi connectivity index (χ4v) is 2.99. The summed E-state index contributed by atoms with van der Waals surface area (Å²) in [4.78, 5) is 10.1. The minimum atomic E-state index is -4.56. The molecule has 0 unspecified atom stereocenters. The van der Waals surface area contributed by atoms with E-state index in [1.165, 1.54) is 0 Å². The molecule has 0 radical (unpaired) electrons. The van der Waals surface area contributed by atoms with E-state index in [1.807, 2.05) is 6.92 Å². The van der Waals surface area contributed by atoms with E-state index in [9.17, 15) is 13.2 Å². The second-order valence-corrected chi connectivity index (χ2v) is 6.86. The summed E-state index contributed by atoms with van der Waals surface area (Å²) in [5, 5.41) is 3.49. The predicted octanol–water partition coefficient (Wildman–Crippen LogP) is 3.95. The van der Waals surface area contributed by atoms with E-state index in [-0.39, 0.29) is 17.7 Å². The van der Waals surface area contributed by atoms with E-state index in [4.69, 9.17) is 16.3 Å². The van der Waals surface area contributed by atoms with Gasteiger partial charge in [0.25, 0.3) is 0 Å². The molecular weight excluding hydrogens is 381 g/mol. The van der Waals surface area contributed by atoms with Crippen molar-refractivity contribution in [3.8, 4) is 11.3 Å². The number of hydrogen-bond donors (Lipinski definition) is 1. The van der Waals surface area contributed by atoms with Crippen molar-refractivity contribution < 1.29 is 17.9 Å². The number of benzene rings is 1.